The maximum atomic E-state index is 3.75. The molecule has 0 nitrogen and oxygen atoms in total. The lowest BCUT2D eigenvalue weighted by atomic mass is 10.1. The number of thiophene rings is 1. The van der Waals surface area contributed by atoms with Gasteiger partial charge in [0.2, 0.25) is 0 Å². The summed E-state index contributed by atoms with van der Waals surface area (Å²) in [4.78, 5) is 0.388. The Balaban J connectivity index is 2.14. The third kappa shape index (κ3) is 2.96. The fourth-order valence-corrected chi connectivity index (χ4v) is 3.27. The molecule has 2 rings (SSSR count). The molecule has 16 heavy (non-hydrogen) atoms. The van der Waals surface area contributed by atoms with Crippen LogP contribution in [0.15, 0.2) is 39.5 Å². The maximum Gasteiger partial charge on any atom is 0.0436 e. The van der Waals surface area contributed by atoms with Crippen molar-refractivity contribution in [2.75, 3.05) is 0 Å². The van der Waals surface area contributed by atoms with E-state index in [1.165, 1.54) is 21.2 Å². The molecule has 0 aliphatic carbocycles. The highest BCUT2D eigenvalue weighted by Gasteiger charge is 2.09. The molecule has 0 N–H and O–H groups in total. The predicted octanol–water partition coefficient (Wildman–Crippen LogP) is 5.50. The van der Waals surface area contributed by atoms with Crippen LogP contribution in [0.2, 0.25) is 0 Å². The minimum Gasteiger partial charge on any atom is -0.152 e. The molecule has 0 saturated heterocycles. The van der Waals surface area contributed by atoms with Gasteiger partial charge >= 0.3 is 0 Å². The molecule has 1 heterocycles. The summed E-state index contributed by atoms with van der Waals surface area (Å²) in [7, 11) is 0. The molecule has 0 spiro atoms. The molecule has 0 saturated carbocycles. The van der Waals surface area contributed by atoms with Crippen molar-refractivity contribution in [3.63, 3.8) is 0 Å². The van der Waals surface area contributed by atoms with E-state index in [1.54, 1.807) is 11.3 Å². The Bertz CT molecular complexity index is 463. The zero-order valence-corrected chi connectivity index (χ0v) is 12.9. The SMILES string of the molecule is Cc1ccc(C(Br)Cc2ccsc2)cc1Br. The Morgan fingerprint density at radius 2 is 2.12 bits per heavy atom. The van der Waals surface area contributed by atoms with Crippen LogP contribution in [0.5, 0.6) is 0 Å². The standard InChI is InChI=1S/C13H12Br2S/c1-9-2-3-11(7-12(9)14)13(15)6-10-4-5-16-8-10/h2-5,7-8,13H,6H2,1H3. The van der Waals surface area contributed by atoms with E-state index in [1.807, 2.05) is 0 Å². The molecule has 0 amide bonds. The summed E-state index contributed by atoms with van der Waals surface area (Å²) in [6.45, 7) is 2.11. The zero-order chi connectivity index (χ0) is 11.5. The minimum absolute atomic E-state index is 0.388. The first-order valence-electron chi connectivity index (χ1n) is 5.08. The number of hydrogen-bond donors (Lipinski definition) is 0. The number of benzene rings is 1. The van der Waals surface area contributed by atoms with Gasteiger partial charge in [0.15, 0.2) is 0 Å². The second-order valence-electron chi connectivity index (χ2n) is 3.81. The van der Waals surface area contributed by atoms with Crippen molar-refractivity contribution in [1.29, 1.82) is 0 Å². The number of aryl methyl sites for hydroxylation is 1. The molecule has 0 radical (unpaired) electrons. The lowest BCUT2D eigenvalue weighted by molar-refractivity contribution is 0.952. The van der Waals surface area contributed by atoms with Crippen LogP contribution in [0, 0.1) is 6.92 Å². The molecule has 2 aromatic rings. The third-order valence-electron chi connectivity index (χ3n) is 2.55. The van der Waals surface area contributed by atoms with Crippen LogP contribution >= 0.6 is 43.2 Å². The molecule has 1 aromatic heterocycles. The summed E-state index contributed by atoms with van der Waals surface area (Å²) < 4.78 is 1.18. The summed E-state index contributed by atoms with van der Waals surface area (Å²) in [6, 6.07) is 8.72. The largest absolute Gasteiger partial charge is 0.152 e. The molecule has 1 unspecified atom stereocenters. The lowest BCUT2D eigenvalue weighted by Crippen LogP contribution is -1.94. The highest BCUT2D eigenvalue weighted by molar-refractivity contribution is 9.10. The smallest absolute Gasteiger partial charge is 0.0436 e. The summed E-state index contributed by atoms with van der Waals surface area (Å²) in [5, 5.41) is 4.33. The fraction of sp³-hybridized carbons (Fsp3) is 0.231. The number of alkyl halides is 1. The van der Waals surface area contributed by atoms with Crippen molar-refractivity contribution in [1.82, 2.24) is 0 Å². The number of halogens is 2. The number of rotatable bonds is 3. The van der Waals surface area contributed by atoms with Gasteiger partial charge in [0.25, 0.3) is 0 Å². The highest BCUT2D eigenvalue weighted by Crippen LogP contribution is 2.30. The molecule has 0 bridgehead atoms. The summed E-state index contributed by atoms with van der Waals surface area (Å²) in [6.07, 6.45) is 1.04. The van der Waals surface area contributed by atoms with Crippen molar-refractivity contribution < 1.29 is 0 Å². The van der Waals surface area contributed by atoms with Crippen molar-refractivity contribution in [3.05, 3.63) is 56.2 Å². The van der Waals surface area contributed by atoms with Gasteiger partial charge in [-0.1, -0.05) is 44.0 Å². The lowest BCUT2D eigenvalue weighted by Gasteiger charge is -2.10. The predicted molar refractivity (Wildman–Crippen MR) is 78.6 cm³/mol. The highest BCUT2D eigenvalue weighted by atomic mass is 79.9. The molecule has 0 aliphatic rings. The molecule has 0 fully saturated rings. The Hall–Kier alpha value is -0.120. The fourth-order valence-electron chi connectivity index (χ4n) is 1.54. The van der Waals surface area contributed by atoms with Crippen LogP contribution in [0.25, 0.3) is 0 Å². The van der Waals surface area contributed by atoms with Gasteiger partial charge in [-0.2, -0.15) is 11.3 Å². The van der Waals surface area contributed by atoms with Crippen molar-refractivity contribution >= 4 is 43.2 Å². The average Bonchev–Trinajstić information content (AvgIpc) is 2.74. The molecular weight excluding hydrogens is 348 g/mol. The van der Waals surface area contributed by atoms with Gasteiger partial charge in [-0.15, -0.1) is 0 Å². The van der Waals surface area contributed by atoms with Crippen LogP contribution in [-0.4, -0.2) is 0 Å². The number of hydrogen-bond acceptors (Lipinski definition) is 1. The normalized spacial score (nSPS) is 12.7. The van der Waals surface area contributed by atoms with E-state index in [4.69, 9.17) is 0 Å². The van der Waals surface area contributed by atoms with Gasteiger partial charge in [-0.25, -0.2) is 0 Å². The monoisotopic (exact) mass is 358 g/mol. The Labute approximate surface area is 117 Å². The van der Waals surface area contributed by atoms with E-state index in [2.05, 4.69) is 73.8 Å². The molecule has 84 valence electrons. The Morgan fingerprint density at radius 3 is 2.75 bits per heavy atom. The van der Waals surface area contributed by atoms with E-state index < -0.39 is 0 Å². The van der Waals surface area contributed by atoms with Crippen LogP contribution in [-0.2, 0) is 6.42 Å². The van der Waals surface area contributed by atoms with Gasteiger partial charge in [-0.05, 0) is 52.9 Å². The molecule has 1 atom stereocenters. The van der Waals surface area contributed by atoms with E-state index in [9.17, 15) is 0 Å². The van der Waals surface area contributed by atoms with Gasteiger partial charge < -0.3 is 0 Å². The van der Waals surface area contributed by atoms with Crippen LogP contribution in [0.4, 0.5) is 0 Å². The van der Waals surface area contributed by atoms with Gasteiger partial charge in [0, 0.05) is 9.30 Å². The zero-order valence-electron chi connectivity index (χ0n) is 8.91. The second-order valence-corrected chi connectivity index (χ2v) is 6.55. The molecule has 1 aromatic carbocycles. The van der Waals surface area contributed by atoms with Crippen molar-refractivity contribution in [3.8, 4) is 0 Å². The molecular formula is C13H12Br2S. The van der Waals surface area contributed by atoms with Crippen LogP contribution in [0.3, 0.4) is 0 Å². The Kier molecular flexibility index (Phi) is 4.22. The summed E-state index contributed by atoms with van der Waals surface area (Å²) in [5.41, 5.74) is 3.99. The van der Waals surface area contributed by atoms with Crippen LogP contribution < -0.4 is 0 Å². The van der Waals surface area contributed by atoms with Gasteiger partial charge in [0.1, 0.15) is 0 Å². The van der Waals surface area contributed by atoms with E-state index in [-0.39, 0.29) is 0 Å². The molecule has 3 heteroatoms. The van der Waals surface area contributed by atoms with Gasteiger partial charge in [0.05, 0.1) is 0 Å². The second kappa shape index (κ2) is 5.48. The maximum absolute atomic E-state index is 3.75. The quantitative estimate of drug-likeness (QED) is 0.635. The van der Waals surface area contributed by atoms with Crippen LogP contribution in [0.1, 0.15) is 21.5 Å². The first-order chi connectivity index (χ1) is 7.66. The van der Waals surface area contributed by atoms with E-state index in [0.29, 0.717) is 4.83 Å². The first-order valence-corrected chi connectivity index (χ1v) is 7.73. The van der Waals surface area contributed by atoms with Crippen molar-refractivity contribution in [2.24, 2.45) is 0 Å². The van der Waals surface area contributed by atoms with Gasteiger partial charge in [-0.3, -0.25) is 0 Å². The summed E-state index contributed by atoms with van der Waals surface area (Å²) >= 11 is 9.08. The van der Waals surface area contributed by atoms with Crippen molar-refractivity contribution in [2.45, 2.75) is 18.2 Å². The average molecular weight is 360 g/mol. The first kappa shape index (κ1) is 12.3. The molecule has 0 aliphatic heterocycles. The van der Waals surface area contributed by atoms with E-state index in [0.717, 1.165) is 6.42 Å². The topological polar surface area (TPSA) is 0 Å². The summed E-state index contributed by atoms with van der Waals surface area (Å²) in [5.74, 6) is 0. The third-order valence-corrected chi connectivity index (χ3v) is 4.99. The van der Waals surface area contributed by atoms with E-state index >= 15 is 0 Å². The minimum atomic E-state index is 0.388. The Morgan fingerprint density at radius 1 is 1.31 bits per heavy atom.